The zero-order chi connectivity index (χ0) is 13.6. The van der Waals surface area contributed by atoms with E-state index >= 15 is 0 Å². The molecule has 106 valence electrons. The number of hydrogen-bond acceptors (Lipinski definition) is 3. The molecule has 1 aliphatic heterocycles. The van der Waals surface area contributed by atoms with Gasteiger partial charge in [-0.15, -0.1) is 0 Å². The summed E-state index contributed by atoms with van der Waals surface area (Å²) < 4.78 is 0. The molecule has 0 aromatic carbocycles. The van der Waals surface area contributed by atoms with Crippen molar-refractivity contribution in [2.75, 3.05) is 33.2 Å². The number of nitrogens with zero attached hydrogens (tertiary/aromatic N) is 1. The van der Waals surface area contributed by atoms with Crippen molar-refractivity contribution in [1.82, 2.24) is 15.5 Å². The largest absolute Gasteiger partial charge is 0.350 e. The average Bonchev–Trinajstić information content (AvgIpc) is 2.29. The van der Waals surface area contributed by atoms with Crippen molar-refractivity contribution in [3.63, 3.8) is 0 Å². The summed E-state index contributed by atoms with van der Waals surface area (Å²) in [4.78, 5) is 14.3. The Morgan fingerprint density at radius 2 is 2.17 bits per heavy atom. The molecule has 0 radical (unpaired) electrons. The first kappa shape index (κ1) is 15.4. The lowest BCUT2D eigenvalue weighted by molar-refractivity contribution is -0.124. The average molecular weight is 255 g/mol. The van der Waals surface area contributed by atoms with Gasteiger partial charge in [0.15, 0.2) is 0 Å². The van der Waals surface area contributed by atoms with Crippen LogP contribution in [0.25, 0.3) is 0 Å². The van der Waals surface area contributed by atoms with Crippen molar-refractivity contribution < 1.29 is 4.79 Å². The van der Waals surface area contributed by atoms with Gasteiger partial charge in [-0.3, -0.25) is 9.69 Å². The van der Waals surface area contributed by atoms with Crippen molar-refractivity contribution in [2.45, 2.75) is 45.6 Å². The van der Waals surface area contributed by atoms with Gasteiger partial charge in [-0.25, -0.2) is 0 Å². The molecule has 1 heterocycles. The number of piperidine rings is 1. The first-order chi connectivity index (χ1) is 8.46. The SMILES string of the molecule is CCC(C)(C)NC(=O)CN1CCCC(CNC)C1. The first-order valence-corrected chi connectivity index (χ1v) is 7.15. The predicted molar refractivity (Wildman–Crippen MR) is 75.6 cm³/mol. The van der Waals surface area contributed by atoms with Gasteiger partial charge >= 0.3 is 0 Å². The van der Waals surface area contributed by atoms with Gasteiger partial charge in [-0.1, -0.05) is 6.92 Å². The summed E-state index contributed by atoms with van der Waals surface area (Å²) in [5, 5.41) is 6.34. The molecule has 18 heavy (non-hydrogen) atoms. The molecular formula is C14H29N3O. The van der Waals surface area contributed by atoms with Crippen molar-refractivity contribution in [1.29, 1.82) is 0 Å². The molecule has 0 saturated carbocycles. The highest BCUT2D eigenvalue weighted by molar-refractivity contribution is 5.78. The van der Waals surface area contributed by atoms with Crippen molar-refractivity contribution in [3.8, 4) is 0 Å². The number of nitrogens with one attached hydrogen (secondary N) is 2. The standard InChI is InChI=1S/C14H29N3O/c1-5-14(2,3)16-13(18)11-17-8-6-7-12(10-17)9-15-4/h12,15H,5-11H2,1-4H3,(H,16,18). The van der Waals surface area contributed by atoms with Gasteiger partial charge < -0.3 is 10.6 Å². The molecule has 0 aromatic rings. The van der Waals surface area contributed by atoms with Gasteiger partial charge in [0.1, 0.15) is 0 Å². The third kappa shape index (κ3) is 5.36. The van der Waals surface area contributed by atoms with Crippen molar-refractivity contribution >= 4 is 5.91 Å². The van der Waals surface area contributed by atoms with Crippen LogP contribution >= 0.6 is 0 Å². The third-order valence-electron chi connectivity index (χ3n) is 3.82. The topological polar surface area (TPSA) is 44.4 Å². The number of amides is 1. The van der Waals surface area contributed by atoms with Crippen LogP contribution in [0.1, 0.15) is 40.0 Å². The number of carbonyl (C=O) groups is 1. The molecule has 0 bridgehead atoms. The second-order valence-corrected chi connectivity index (χ2v) is 6.09. The van der Waals surface area contributed by atoms with Gasteiger partial charge in [0.2, 0.25) is 5.91 Å². The lowest BCUT2D eigenvalue weighted by Gasteiger charge is -2.33. The second kappa shape index (κ2) is 7.10. The van der Waals surface area contributed by atoms with Crippen LogP contribution in [-0.4, -0.2) is 49.6 Å². The highest BCUT2D eigenvalue weighted by Gasteiger charge is 2.23. The summed E-state index contributed by atoms with van der Waals surface area (Å²) in [6, 6.07) is 0. The molecule has 1 aliphatic rings. The van der Waals surface area contributed by atoms with Gasteiger partial charge in [0, 0.05) is 12.1 Å². The highest BCUT2D eigenvalue weighted by atomic mass is 16.2. The maximum absolute atomic E-state index is 12.0. The molecule has 2 N–H and O–H groups in total. The van der Waals surface area contributed by atoms with E-state index in [1.165, 1.54) is 12.8 Å². The Morgan fingerprint density at radius 3 is 2.78 bits per heavy atom. The Balaban J connectivity index is 2.35. The Kier molecular flexibility index (Phi) is 6.09. The smallest absolute Gasteiger partial charge is 0.234 e. The van der Waals surface area contributed by atoms with Crippen LogP contribution in [0.4, 0.5) is 0 Å². The summed E-state index contributed by atoms with van der Waals surface area (Å²) in [6.45, 7) is 9.95. The second-order valence-electron chi connectivity index (χ2n) is 6.09. The van der Waals surface area contributed by atoms with E-state index in [0.717, 1.165) is 26.1 Å². The number of carbonyl (C=O) groups excluding carboxylic acids is 1. The lowest BCUT2D eigenvalue weighted by Crippen LogP contribution is -2.49. The van der Waals surface area contributed by atoms with Crippen molar-refractivity contribution in [2.24, 2.45) is 5.92 Å². The predicted octanol–water partition coefficient (Wildman–Crippen LogP) is 1.22. The van der Waals surface area contributed by atoms with Crippen LogP contribution in [-0.2, 0) is 4.79 Å². The highest BCUT2D eigenvalue weighted by Crippen LogP contribution is 2.15. The van der Waals surface area contributed by atoms with Crippen LogP contribution in [0.3, 0.4) is 0 Å². The molecular weight excluding hydrogens is 226 g/mol. The van der Waals surface area contributed by atoms with E-state index in [1.54, 1.807) is 0 Å². The normalized spacial score (nSPS) is 21.9. The minimum absolute atomic E-state index is 0.0861. The summed E-state index contributed by atoms with van der Waals surface area (Å²) in [6.07, 6.45) is 3.44. The van der Waals surface area contributed by atoms with Crippen LogP contribution in [0.15, 0.2) is 0 Å². The number of likely N-dealkylation sites (tertiary alicyclic amines) is 1. The fourth-order valence-electron chi connectivity index (χ4n) is 2.46. The molecule has 1 rings (SSSR count). The van der Waals surface area contributed by atoms with E-state index in [1.807, 2.05) is 7.05 Å². The van der Waals surface area contributed by atoms with E-state index in [9.17, 15) is 4.79 Å². The van der Waals surface area contributed by atoms with Gasteiger partial charge in [-0.05, 0) is 59.2 Å². The van der Waals surface area contributed by atoms with E-state index in [0.29, 0.717) is 12.5 Å². The number of rotatable bonds is 6. The van der Waals surface area contributed by atoms with E-state index in [2.05, 4.69) is 36.3 Å². The summed E-state index contributed by atoms with van der Waals surface area (Å²) in [7, 11) is 2.00. The monoisotopic (exact) mass is 255 g/mol. The minimum Gasteiger partial charge on any atom is -0.350 e. The Morgan fingerprint density at radius 1 is 1.44 bits per heavy atom. The zero-order valence-electron chi connectivity index (χ0n) is 12.4. The zero-order valence-corrected chi connectivity index (χ0v) is 12.4. The fraction of sp³-hybridized carbons (Fsp3) is 0.929. The molecule has 1 saturated heterocycles. The summed E-state index contributed by atoms with van der Waals surface area (Å²) >= 11 is 0. The van der Waals surface area contributed by atoms with E-state index < -0.39 is 0 Å². The maximum Gasteiger partial charge on any atom is 0.234 e. The summed E-state index contributed by atoms with van der Waals surface area (Å²) in [5.74, 6) is 0.850. The molecule has 0 spiro atoms. The lowest BCUT2D eigenvalue weighted by atomic mass is 9.98. The molecule has 4 heteroatoms. The molecule has 1 atom stereocenters. The van der Waals surface area contributed by atoms with Gasteiger partial charge in [0.05, 0.1) is 6.54 Å². The minimum atomic E-state index is -0.0861. The molecule has 1 amide bonds. The molecule has 4 nitrogen and oxygen atoms in total. The van der Waals surface area contributed by atoms with E-state index in [4.69, 9.17) is 0 Å². The molecule has 1 unspecified atom stereocenters. The third-order valence-corrected chi connectivity index (χ3v) is 3.82. The quantitative estimate of drug-likeness (QED) is 0.750. The summed E-state index contributed by atoms with van der Waals surface area (Å²) in [5.41, 5.74) is -0.0861. The van der Waals surface area contributed by atoms with Crippen LogP contribution in [0.2, 0.25) is 0 Å². The van der Waals surface area contributed by atoms with Crippen LogP contribution in [0, 0.1) is 5.92 Å². The van der Waals surface area contributed by atoms with E-state index in [-0.39, 0.29) is 11.4 Å². The van der Waals surface area contributed by atoms with Crippen LogP contribution in [0.5, 0.6) is 0 Å². The Bertz CT molecular complexity index is 264. The van der Waals surface area contributed by atoms with Crippen molar-refractivity contribution in [3.05, 3.63) is 0 Å². The number of hydrogen-bond donors (Lipinski definition) is 2. The molecule has 0 aliphatic carbocycles. The molecule has 1 fully saturated rings. The molecule has 0 aromatic heterocycles. The van der Waals surface area contributed by atoms with Gasteiger partial charge in [0.25, 0.3) is 0 Å². The van der Waals surface area contributed by atoms with Crippen LogP contribution < -0.4 is 10.6 Å². The van der Waals surface area contributed by atoms with Gasteiger partial charge in [-0.2, -0.15) is 0 Å². The fourth-order valence-corrected chi connectivity index (χ4v) is 2.46. The first-order valence-electron chi connectivity index (χ1n) is 7.15. The Hall–Kier alpha value is -0.610. The Labute approximate surface area is 111 Å². The maximum atomic E-state index is 12.0.